The Hall–Kier alpha value is -3.35. The molecule has 3 aromatic rings. The van der Waals surface area contributed by atoms with Gasteiger partial charge in [-0.2, -0.15) is 0 Å². The highest BCUT2D eigenvalue weighted by atomic mass is 16.7. The van der Waals surface area contributed by atoms with E-state index >= 15 is 0 Å². The monoisotopic (exact) mass is 363 g/mol. The van der Waals surface area contributed by atoms with Crippen LogP contribution in [0.2, 0.25) is 0 Å². The Kier molecular flexibility index (Phi) is 3.60. The standard InChI is InChI=1S/C20H17N3O4/c24-23(25)16-6-7-17(20-14(16)3-1-9-21-20)22-10-2-4-15(22)13-5-8-18-19(11-13)27-12-26-18/h1,3,5-9,11,15H,2,4,10,12H2. The molecule has 7 heteroatoms. The van der Waals surface area contributed by atoms with Crippen molar-refractivity contribution in [3.63, 3.8) is 0 Å². The zero-order valence-electron chi connectivity index (χ0n) is 14.5. The third kappa shape index (κ3) is 2.54. The van der Waals surface area contributed by atoms with E-state index in [1.54, 1.807) is 24.4 Å². The van der Waals surface area contributed by atoms with E-state index in [-0.39, 0.29) is 23.4 Å². The van der Waals surface area contributed by atoms with E-state index in [1.807, 2.05) is 18.2 Å². The van der Waals surface area contributed by atoms with Crippen LogP contribution in [0.3, 0.4) is 0 Å². The molecular weight excluding hydrogens is 346 g/mol. The van der Waals surface area contributed by atoms with Gasteiger partial charge in [0.05, 0.1) is 22.0 Å². The summed E-state index contributed by atoms with van der Waals surface area (Å²) < 4.78 is 10.9. The second kappa shape index (κ2) is 6.12. The molecular formula is C20H17N3O4. The Morgan fingerprint density at radius 1 is 1.15 bits per heavy atom. The summed E-state index contributed by atoms with van der Waals surface area (Å²) in [5, 5.41) is 11.9. The van der Waals surface area contributed by atoms with Crippen LogP contribution in [0.15, 0.2) is 48.7 Å². The predicted octanol–water partition coefficient (Wildman–Crippen LogP) is 4.21. The van der Waals surface area contributed by atoms with Gasteiger partial charge in [-0.1, -0.05) is 6.07 Å². The summed E-state index contributed by atoms with van der Waals surface area (Å²) in [6.07, 6.45) is 3.73. The maximum atomic E-state index is 11.4. The van der Waals surface area contributed by atoms with E-state index in [4.69, 9.17) is 9.47 Å². The van der Waals surface area contributed by atoms with Gasteiger partial charge in [-0.05, 0) is 48.7 Å². The summed E-state index contributed by atoms with van der Waals surface area (Å²) in [6, 6.07) is 13.1. The second-order valence-corrected chi connectivity index (χ2v) is 6.72. The molecule has 1 saturated heterocycles. The maximum absolute atomic E-state index is 11.4. The fraction of sp³-hybridized carbons (Fsp3) is 0.250. The van der Waals surface area contributed by atoms with Crippen molar-refractivity contribution in [3.8, 4) is 11.5 Å². The number of nitro benzene ring substituents is 1. The van der Waals surface area contributed by atoms with E-state index in [2.05, 4.69) is 16.0 Å². The lowest BCUT2D eigenvalue weighted by Crippen LogP contribution is -2.23. The van der Waals surface area contributed by atoms with E-state index in [1.165, 1.54) is 0 Å². The average molecular weight is 363 g/mol. The minimum absolute atomic E-state index is 0.0840. The Morgan fingerprint density at radius 2 is 2.04 bits per heavy atom. The van der Waals surface area contributed by atoms with Gasteiger partial charge >= 0.3 is 0 Å². The summed E-state index contributed by atoms with van der Waals surface area (Å²) in [5.74, 6) is 1.54. The molecule has 1 atom stereocenters. The number of fused-ring (bicyclic) bond motifs is 2. The molecule has 0 N–H and O–H groups in total. The molecule has 2 aliphatic heterocycles. The summed E-state index contributed by atoms with van der Waals surface area (Å²) in [5.41, 5.74) is 2.83. The first-order chi connectivity index (χ1) is 13.2. The van der Waals surface area contributed by atoms with Gasteiger partial charge in [0.25, 0.3) is 5.69 Å². The van der Waals surface area contributed by atoms with Gasteiger partial charge in [-0.15, -0.1) is 0 Å². The molecule has 3 heterocycles. The Morgan fingerprint density at radius 3 is 2.93 bits per heavy atom. The van der Waals surface area contributed by atoms with Crippen LogP contribution in [0, 0.1) is 10.1 Å². The molecule has 136 valence electrons. The zero-order chi connectivity index (χ0) is 18.4. The van der Waals surface area contributed by atoms with Crippen LogP contribution in [0.25, 0.3) is 10.9 Å². The van der Waals surface area contributed by atoms with Crippen molar-refractivity contribution >= 4 is 22.3 Å². The molecule has 0 bridgehead atoms. The van der Waals surface area contributed by atoms with Gasteiger partial charge in [0.15, 0.2) is 11.5 Å². The highest BCUT2D eigenvalue weighted by Crippen LogP contribution is 2.43. The molecule has 0 radical (unpaired) electrons. The Balaban J connectivity index is 1.60. The topological polar surface area (TPSA) is 77.7 Å². The van der Waals surface area contributed by atoms with Crippen LogP contribution in [0.5, 0.6) is 11.5 Å². The summed E-state index contributed by atoms with van der Waals surface area (Å²) in [6.45, 7) is 1.13. The summed E-state index contributed by atoms with van der Waals surface area (Å²) in [4.78, 5) is 17.8. The molecule has 2 aliphatic rings. The van der Waals surface area contributed by atoms with Gasteiger partial charge in [0.2, 0.25) is 6.79 Å². The second-order valence-electron chi connectivity index (χ2n) is 6.72. The van der Waals surface area contributed by atoms with E-state index in [9.17, 15) is 10.1 Å². The fourth-order valence-electron chi connectivity index (χ4n) is 4.06. The van der Waals surface area contributed by atoms with Gasteiger partial charge in [-0.3, -0.25) is 15.1 Å². The first-order valence-corrected chi connectivity index (χ1v) is 8.91. The first kappa shape index (κ1) is 15.9. The maximum Gasteiger partial charge on any atom is 0.278 e. The van der Waals surface area contributed by atoms with Crippen molar-refractivity contribution in [2.75, 3.05) is 18.2 Å². The predicted molar refractivity (Wildman–Crippen MR) is 100 cm³/mol. The lowest BCUT2D eigenvalue weighted by Gasteiger charge is -2.28. The molecule has 0 amide bonds. The number of ether oxygens (including phenoxy) is 2. The van der Waals surface area contributed by atoms with Crippen molar-refractivity contribution in [3.05, 3.63) is 64.3 Å². The zero-order valence-corrected chi connectivity index (χ0v) is 14.5. The first-order valence-electron chi connectivity index (χ1n) is 8.91. The van der Waals surface area contributed by atoms with Crippen molar-refractivity contribution in [1.82, 2.24) is 4.98 Å². The third-order valence-electron chi connectivity index (χ3n) is 5.27. The van der Waals surface area contributed by atoms with Gasteiger partial charge in [0, 0.05) is 18.8 Å². The molecule has 1 aromatic heterocycles. The number of nitro groups is 1. The average Bonchev–Trinajstić information content (AvgIpc) is 3.35. The number of pyridine rings is 1. The van der Waals surface area contributed by atoms with E-state index < -0.39 is 0 Å². The molecule has 1 unspecified atom stereocenters. The molecule has 1 fully saturated rings. The summed E-state index contributed by atoms with van der Waals surface area (Å²) in [7, 11) is 0. The minimum atomic E-state index is -0.354. The normalized spacial score (nSPS) is 18.2. The molecule has 0 spiro atoms. The SMILES string of the molecule is O=[N+]([O-])c1ccc(N2CCCC2c2ccc3c(c2)OCO3)c2ncccc12. The Bertz CT molecular complexity index is 1050. The highest BCUT2D eigenvalue weighted by Gasteiger charge is 2.30. The smallest absolute Gasteiger partial charge is 0.278 e. The number of benzene rings is 2. The number of aromatic nitrogens is 1. The number of hydrogen-bond donors (Lipinski definition) is 0. The number of anilines is 1. The van der Waals surface area contributed by atoms with E-state index in [0.717, 1.165) is 42.1 Å². The van der Waals surface area contributed by atoms with Crippen molar-refractivity contribution in [2.45, 2.75) is 18.9 Å². The quantitative estimate of drug-likeness (QED) is 0.512. The van der Waals surface area contributed by atoms with Crippen LogP contribution < -0.4 is 14.4 Å². The molecule has 27 heavy (non-hydrogen) atoms. The van der Waals surface area contributed by atoms with Crippen LogP contribution in [0.1, 0.15) is 24.4 Å². The Labute approximate surface area is 155 Å². The van der Waals surface area contributed by atoms with Gasteiger partial charge in [0.1, 0.15) is 5.52 Å². The van der Waals surface area contributed by atoms with E-state index in [0.29, 0.717) is 10.9 Å². The molecule has 0 aliphatic carbocycles. The minimum Gasteiger partial charge on any atom is -0.454 e. The number of nitrogens with zero attached hydrogens (tertiary/aromatic N) is 3. The fourth-order valence-corrected chi connectivity index (χ4v) is 4.06. The molecule has 0 saturated carbocycles. The lowest BCUT2D eigenvalue weighted by atomic mass is 10.0. The van der Waals surface area contributed by atoms with Crippen LogP contribution in [-0.4, -0.2) is 23.2 Å². The largest absolute Gasteiger partial charge is 0.454 e. The molecule has 2 aromatic carbocycles. The molecule has 7 nitrogen and oxygen atoms in total. The molecule has 5 rings (SSSR count). The lowest BCUT2D eigenvalue weighted by molar-refractivity contribution is -0.383. The van der Waals surface area contributed by atoms with Crippen LogP contribution in [0.4, 0.5) is 11.4 Å². The van der Waals surface area contributed by atoms with Crippen molar-refractivity contribution in [2.24, 2.45) is 0 Å². The van der Waals surface area contributed by atoms with Gasteiger partial charge in [-0.25, -0.2) is 0 Å². The van der Waals surface area contributed by atoms with Gasteiger partial charge < -0.3 is 14.4 Å². The third-order valence-corrected chi connectivity index (χ3v) is 5.27. The summed E-state index contributed by atoms with van der Waals surface area (Å²) >= 11 is 0. The van der Waals surface area contributed by atoms with Crippen molar-refractivity contribution in [1.29, 1.82) is 0 Å². The van der Waals surface area contributed by atoms with Crippen molar-refractivity contribution < 1.29 is 14.4 Å². The number of rotatable bonds is 3. The number of hydrogen-bond acceptors (Lipinski definition) is 6. The number of non-ortho nitro benzene ring substituents is 1. The highest BCUT2D eigenvalue weighted by molar-refractivity contribution is 5.97. The van der Waals surface area contributed by atoms with Crippen LogP contribution in [-0.2, 0) is 0 Å². The van der Waals surface area contributed by atoms with Crippen LogP contribution >= 0.6 is 0 Å².